The van der Waals surface area contributed by atoms with Crippen molar-refractivity contribution in [3.8, 4) is 5.69 Å². The van der Waals surface area contributed by atoms with E-state index in [1.54, 1.807) is 22.1 Å². The molecule has 1 aromatic carbocycles. The number of nitrogens with zero attached hydrogens (tertiary/aromatic N) is 2. The highest BCUT2D eigenvalue weighted by Gasteiger charge is 2.27. The van der Waals surface area contributed by atoms with Gasteiger partial charge in [-0.15, -0.1) is 11.3 Å². The number of aromatic nitrogens is 2. The van der Waals surface area contributed by atoms with Gasteiger partial charge in [0.1, 0.15) is 5.56 Å². The smallest absolute Gasteiger partial charge is 0.268 e. The molecule has 2 aromatic heterocycles. The molecular formula is C24H27N3O2S. The van der Waals surface area contributed by atoms with Crippen LogP contribution in [0.25, 0.3) is 5.69 Å². The SMILES string of the molecule is Cc1nc2c(s1)CCCC2NC(=O)c1c(C)ccn(-c2cccc(C(C)C)c2)c1=O. The van der Waals surface area contributed by atoms with Crippen LogP contribution in [-0.4, -0.2) is 15.5 Å². The first-order valence-corrected chi connectivity index (χ1v) is 11.3. The van der Waals surface area contributed by atoms with Crippen LogP contribution in [0.1, 0.15) is 75.7 Å². The van der Waals surface area contributed by atoms with Gasteiger partial charge in [-0.25, -0.2) is 4.98 Å². The predicted molar refractivity (Wildman–Crippen MR) is 121 cm³/mol. The topological polar surface area (TPSA) is 64.0 Å². The maximum absolute atomic E-state index is 13.3. The van der Waals surface area contributed by atoms with Gasteiger partial charge in [0.15, 0.2) is 0 Å². The van der Waals surface area contributed by atoms with Crippen LogP contribution in [0.3, 0.4) is 0 Å². The standard InChI is InChI=1S/C24H27N3O2S/c1-14(2)17-7-5-8-18(13-17)27-12-11-15(3)21(24(27)29)23(28)26-19-9-6-10-20-22(19)25-16(4)30-20/h5,7-8,11-14,19H,6,9-10H2,1-4H3,(H,26,28). The highest BCUT2D eigenvalue weighted by atomic mass is 32.1. The Morgan fingerprint density at radius 1 is 1.27 bits per heavy atom. The average Bonchev–Trinajstić information content (AvgIpc) is 3.09. The Bertz CT molecular complexity index is 1160. The largest absolute Gasteiger partial charge is 0.343 e. The number of pyridine rings is 1. The fraction of sp³-hybridized carbons (Fsp3) is 0.375. The number of amides is 1. The summed E-state index contributed by atoms with van der Waals surface area (Å²) in [5, 5.41) is 4.10. The lowest BCUT2D eigenvalue weighted by Gasteiger charge is -2.22. The summed E-state index contributed by atoms with van der Waals surface area (Å²) in [5.74, 6) is 0.0336. The summed E-state index contributed by atoms with van der Waals surface area (Å²) >= 11 is 1.70. The Morgan fingerprint density at radius 2 is 2.07 bits per heavy atom. The maximum Gasteiger partial charge on any atom is 0.268 e. The van der Waals surface area contributed by atoms with E-state index in [-0.39, 0.29) is 23.1 Å². The summed E-state index contributed by atoms with van der Waals surface area (Å²) in [4.78, 5) is 32.4. The van der Waals surface area contributed by atoms with Crippen molar-refractivity contribution in [2.24, 2.45) is 0 Å². The normalized spacial score (nSPS) is 15.8. The summed E-state index contributed by atoms with van der Waals surface area (Å²) in [6, 6.07) is 9.60. The molecule has 4 rings (SSSR count). The van der Waals surface area contributed by atoms with E-state index in [0.717, 1.165) is 41.2 Å². The van der Waals surface area contributed by atoms with Gasteiger partial charge in [0.05, 0.1) is 16.7 Å². The minimum Gasteiger partial charge on any atom is -0.343 e. The zero-order valence-electron chi connectivity index (χ0n) is 17.9. The van der Waals surface area contributed by atoms with Gasteiger partial charge >= 0.3 is 0 Å². The van der Waals surface area contributed by atoms with Crippen LogP contribution in [-0.2, 0) is 6.42 Å². The lowest BCUT2D eigenvalue weighted by Crippen LogP contribution is -2.36. The van der Waals surface area contributed by atoms with Gasteiger partial charge in [0, 0.05) is 16.8 Å². The van der Waals surface area contributed by atoms with Gasteiger partial charge in [-0.1, -0.05) is 26.0 Å². The zero-order valence-corrected chi connectivity index (χ0v) is 18.7. The molecule has 0 fully saturated rings. The van der Waals surface area contributed by atoms with E-state index >= 15 is 0 Å². The molecule has 1 amide bonds. The van der Waals surface area contributed by atoms with E-state index < -0.39 is 0 Å². The van der Waals surface area contributed by atoms with Crippen LogP contribution < -0.4 is 10.9 Å². The molecule has 30 heavy (non-hydrogen) atoms. The molecule has 0 spiro atoms. The van der Waals surface area contributed by atoms with E-state index in [1.807, 2.05) is 38.1 Å². The first-order valence-electron chi connectivity index (χ1n) is 10.4. The van der Waals surface area contributed by atoms with E-state index in [2.05, 4.69) is 30.2 Å². The molecule has 1 aliphatic rings. The zero-order chi connectivity index (χ0) is 21.4. The molecule has 1 N–H and O–H groups in total. The summed E-state index contributed by atoms with van der Waals surface area (Å²) in [7, 11) is 0. The van der Waals surface area contributed by atoms with Crippen molar-refractivity contribution in [2.45, 2.75) is 58.9 Å². The van der Waals surface area contributed by atoms with Crippen molar-refractivity contribution in [2.75, 3.05) is 0 Å². The van der Waals surface area contributed by atoms with Crippen molar-refractivity contribution < 1.29 is 4.79 Å². The molecule has 1 unspecified atom stereocenters. The Hall–Kier alpha value is -2.73. The second-order valence-electron chi connectivity index (χ2n) is 8.26. The molecular weight excluding hydrogens is 394 g/mol. The number of nitrogens with one attached hydrogen (secondary N) is 1. The fourth-order valence-electron chi connectivity index (χ4n) is 4.05. The van der Waals surface area contributed by atoms with Crippen LogP contribution in [0.4, 0.5) is 0 Å². The van der Waals surface area contributed by atoms with Gasteiger partial charge in [-0.2, -0.15) is 0 Å². The molecule has 0 saturated carbocycles. The molecule has 6 heteroatoms. The van der Waals surface area contributed by atoms with Gasteiger partial charge in [-0.3, -0.25) is 14.2 Å². The number of fused-ring (bicyclic) bond motifs is 1. The van der Waals surface area contributed by atoms with Crippen LogP contribution in [0.5, 0.6) is 0 Å². The number of carbonyl (C=O) groups is 1. The van der Waals surface area contributed by atoms with Gasteiger partial charge in [0.25, 0.3) is 11.5 Å². The van der Waals surface area contributed by atoms with Crippen molar-refractivity contribution in [3.05, 3.63) is 79.2 Å². The molecule has 0 saturated heterocycles. The van der Waals surface area contributed by atoms with Crippen molar-refractivity contribution in [3.63, 3.8) is 0 Å². The molecule has 1 aliphatic carbocycles. The van der Waals surface area contributed by atoms with Crippen LogP contribution in [0, 0.1) is 13.8 Å². The van der Waals surface area contributed by atoms with Gasteiger partial charge < -0.3 is 5.32 Å². The van der Waals surface area contributed by atoms with Crippen molar-refractivity contribution >= 4 is 17.2 Å². The Labute approximate surface area is 180 Å². The maximum atomic E-state index is 13.3. The number of hydrogen-bond donors (Lipinski definition) is 1. The van der Waals surface area contributed by atoms with E-state index in [1.165, 1.54) is 4.88 Å². The summed E-state index contributed by atoms with van der Waals surface area (Å²) in [5.41, 5.74) is 3.48. The average molecular weight is 422 g/mol. The minimum absolute atomic E-state index is 0.136. The highest BCUT2D eigenvalue weighted by Crippen LogP contribution is 2.33. The molecule has 5 nitrogen and oxygen atoms in total. The molecule has 2 heterocycles. The number of thiazole rings is 1. The summed E-state index contributed by atoms with van der Waals surface area (Å²) < 4.78 is 1.56. The number of rotatable bonds is 4. The lowest BCUT2D eigenvalue weighted by molar-refractivity contribution is 0.0929. The van der Waals surface area contributed by atoms with Crippen LogP contribution >= 0.6 is 11.3 Å². The quantitative estimate of drug-likeness (QED) is 0.655. The number of aryl methyl sites for hydroxylation is 3. The first kappa shape index (κ1) is 20.5. The Balaban J connectivity index is 1.68. The number of benzene rings is 1. The third-order valence-corrected chi connectivity index (χ3v) is 6.76. The van der Waals surface area contributed by atoms with Crippen molar-refractivity contribution in [1.82, 2.24) is 14.9 Å². The Morgan fingerprint density at radius 3 is 2.83 bits per heavy atom. The third kappa shape index (κ3) is 3.84. The second-order valence-corrected chi connectivity index (χ2v) is 9.55. The van der Waals surface area contributed by atoms with Crippen LogP contribution in [0.15, 0.2) is 41.3 Å². The van der Waals surface area contributed by atoms with Crippen molar-refractivity contribution in [1.29, 1.82) is 0 Å². The molecule has 0 aliphatic heterocycles. The van der Waals surface area contributed by atoms with E-state index in [9.17, 15) is 9.59 Å². The Kier molecular flexibility index (Phi) is 5.60. The number of hydrogen-bond acceptors (Lipinski definition) is 4. The van der Waals surface area contributed by atoms with Gasteiger partial charge in [-0.05, 0) is 68.4 Å². The monoisotopic (exact) mass is 421 g/mol. The number of carbonyl (C=O) groups excluding carboxylic acids is 1. The molecule has 1 atom stereocenters. The highest BCUT2D eigenvalue weighted by molar-refractivity contribution is 7.11. The van der Waals surface area contributed by atoms with E-state index in [0.29, 0.717) is 11.5 Å². The second kappa shape index (κ2) is 8.19. The molecule has 0 bridgehead atoms. The summed E-state index contributed by atoms with van der Waals surface area (Å²) in [6.07, 6.45) is 4.62. The third-order valence-electron chi connectivity index (χ3n) is 5.71. The minimum atomic E-state index is -0.324. The molecule has 0 radical (unpaired) electrons. The van der Waals surface area contributed by atoms with E-state index in [4.69, 9.17) is 0 Å². The van der Waals surface area contributed by atoms with Crippen LogP contribution in [0.2, 0.25) is 0 Å². The molecule has 3 aromatic rings. The first-order chi connectivity index (χ1) is 14.3. The fourth-order valence-corrected chi connectivity index (χ4v) is 5.09. The van der Waals surface area contributed by atoms with Gasteiger partial charge in [0.2, 0.25) is 0 Å². The lowest BCUT2D eigenvalue weighted by atomic mass is 9.97. The predicted octanol–water partition coefficient (Wildman–Crippen LogP) is 4.84. The molecule has 156 valence electrons. The summed E-state index contributed by atoms with van der Waals surface area (Å²) in [6.45, 7) is 8.04.